The predicted molar refractivity (Wildman–Crippen MR) is 145 cm³/mol. The molecule has 1 saturated heterocycles. The largest absolute Gasteiger partial charge is 0.490 e. The Kier molecular flexibility index (Phi) is 5.40. The molecule has 8 heteroatoms. The lowest BCUT2D eigenvalue weighted by Crippen LogP contribution is -2.49. The van der Waals surface area contributed by atoms with Crippen molar-refractivity contribution in [3.8, 4) is 5.75 Å². The van der Waals surface area contributed by atoms with Gasteiger partial charge in [0.25, 0.3) is 0 Å². The number of aromatic amines is 1. The van der Waals surface area contributed by atoms with E-state index in [9.17, 15) is 9.59 Å². The first kappa shape index (κ1) is 23.3. The number of hydrogen-bond donors (Lipinski definition) is 1. The van der Waals surface area contributed by atoms with Gasteiger partial charge in [-0.05, 0) is 87.1 Å². The van der Waals surface area contributed by atoms with Crippen LogP contribution in [-0.2, 0) is 15.0 Å². The van der Waals surface area contributed by atoms with Gasteiger partial charge in [0.05, 0.1) is 23.2 Å². The third kappa shape index (κ3) is 3.87. The third-order valence-corrected chi connectivity index (χ3v) is 9.84. The lowest BCUT2D eigenvalue weighted by Gasteiger charge is -2.37. The van der Waals surface area contributed by atoms with E-state index in [-0.39, 0.29) is 24.5 Å². The van der Waals surface area contributed by atoms with E-state index in [0.717, 1.165) is 64.7 Å². The maximum atomic E-state index is 14.1. The Hall–Kier alpha value is -2.87. The van der Waals surface area contributed by atoms with Crippen LogP contribution in [0.5, 0.6) is 5.75 Å². The van der Waals surface area contributed by atoms with Crippen molar-refractivity contribution in [2.24, 2.45) is 5.41 Å². The van der Waals surface area contributed by atoms with E-state index < -0.39 is 5.41 Å². The SMILES string of the molecule is O=C(CN1C(=O)C2(CCC(Oc3ccc4[nH]ncc4c3)CC2)c2c(Br)cccc21)N1CCCC2(CC2)C1. The Balaban J connectivity index is 1.10. The van der Waals surface area contributed by atoms with Crippen LogP contribution in [0, 0.1) is 5.41 Å². The van der Waals surface area contributed by atoms with Gasteiger partial charge in [-0.2, -0.15) is 5.10 Å². The van der Waals surface area contributed by atoms with Crippen LogP contribution in [-0.4, -0.2) is 52.6 Å². The van der Waals surface area contributed by atoms with Crippen LogP contribution in [0.4, 0.5) is 5.69 Å². The molecule has 0 bridgehead atoms. The summed E-state index contributed by atoms with van der Waals surface area (Å²) in [5.41, 5.74) is 2.67. The highest BCUT2D eigenvalue weighted by Gasteiger charge is 2.54. The molecule has 0 radical (unpaired) electrons. The molecule has 2 spiro atoms. The van der Waals surface area contributed by atoms with Crippen LogP contribution in [0.25, 0.3) is 10.9 Å². The van der Waals surface area contributed by atoms with Gasteiger partial charge in [0.15, 0.2) is 0 Å². The van der Waals surface area contributed by atoms with E-state index in [1.54, 1.807) is 11.1 Å². The highest BCUT2D eigenvalue weighted by atomic mass is 79.9. The Morgan fingerprint density at radius 3 is 2.78 bits per heavy atom. The minimum atomic E-state index is -0.607. The summed E-state index contributed by atoms with van der Waals surface area (Å²) in [6.45, 7) is 1.79. The number of ether oxygens (including phenoxy) is 1. The number of halogens is 1. The van der Waals surface area contributed by atoms with Crippen LogP contribution >= 0.6 is 15.9 Å². The summed E-state index contributed by atoms with van der Waals surface area (Å²) in [5.74, 6) is 0.976. The number of anilines is 1. The fraction of sp³-hybridized carbons (Fsp3) is 0.483. The van der Waals surface area contributed by atoms with Gasteiger partial charge in [0.2, 0.25) is 11.8 Å². The quantitative estimate of drug-likeness (QED) is 0.466. The highest BCUT2D eigenvalue weighted by molar-refractivity contribution is 9.10. The molecule has 3 fully saturated rings. The molecule has 7 nitrogen and oxygen atoms in total. The van der Waals surface area contributed by atoms with Crippen LogP contribution in [0.3, 0.4) is 0 Å². The average molecular weight is 563 g/mol. The Labute approximate surface area is 224 Å². The topological polar surface area (TPSA) is 78.5 Å². The second-order valence-corrected chi connectivity index (χ2v) is 12.3. The zero-order chi connectivity index (χ0) is 25.2. The first-order chi connectivity index (χ1) is 18.0. The molecule has 2 aliphatic carbocycles. The Morgan fingerprint density at radius 1 is 1.14 bits per heavy atom. The summed E-state index contributed by atoms with van der Waals surface area (Å²) in [6.07, 6.45) is 9.60. The van der Waals surface area contributed by atoms with Gasteiger partial charge >= 0.3 is 0 Å². The van der Waals surface area contributed by atoms with Crippen molar-refractivity contribution < 1.29 is 14.3 Å². The molecule has 1 N–H and O–H groups in total. The monoisotopic (exact) mass is 562 g/mol. The smallest absolute Gasteiger partial charge is 0.242 e. The summed E-state index contributed by atoms with van der Waals surface area (Å²) in [6, 6.07) is 11.9. The molecule has 0 unspecified atom stereocenters. The fourth-order valence-corrected chi connectivity index (χ4v) is 7.67. The molecule has 2 aromatic carbocycles. The molecule has 0 atom stereocenters. The van der Waals surface area contributed by atoms with Crippen LogP contribution in [0.1, 0.15) is 56.9 Å². The lowest BCUT2D eigenvalue weighted by molar-refractivity contribution is -0.134. The summed E-state index contributed by atoms with van der Waals surface area (Å²) in [4.78, 5) is 31.3. The van der Waals surface area contributed by atoms with E-state index in [4.69, 9.17) is 4.74 Å². The molecule has 192 valence electrons. The van der Waals surface area contributed by atoms with Crippen molar-refractivity contribution in [2.45, 2.75) is 62.9 Å². The molecule has 1 aromatic heterocycles. The van der Waals surface area contributed by atoms with E-state index in [2.05, 4.69) is 26.1 Å². The first-order valence-corrected chi connectivity index (χ1v) is 14.2. The highest BCUT2D eigenvalue weighted by Crippen LogP contribution is 2.54. The van der Waals surface area contributed by atoms with Crippen molar-refractivity contribution in [1.82, 2.24) is 15.1 Å². The van der Waals surface area contributed by atoms with Crippen molar-refractivity contribution >= 4 is 44.3 Å². The third-order valence-electron chi connectivity index (χ3n) is 9.18. The number of rotatable bonds is 4. The number of nitrogens with zero attached hydrogens (tertiary/aromatic N) is 3. The maximum Gasteiger partial charge on any atom is 0.242 e. The molecule has 37 heavy (non-hydrogen) atoms. The van der Waals surface area contributed by atoms with Gasteiger partial charge in [-0.1, -0.05) is 22.0 Å². The van der Waals surface area contributed by atoms with Crippen molar-refractivity contribution in [3.05, 3.63) is 52.6 Å². The van der Waals surface area contributed by atoms with Crippen LogP contribution in [0.15, 0.2) is 47.1 Å². The second-order valence-electron chi connectivity index (χ2n) is 11.5. The molecule has 3 heterocycles. The minimum absolute atomic E-state index is 0.0486. The molecule has 2 aliphatic heterocycles. The Bertz CT molecular complexity index is 1390. The van der Waals surface area contributed by atoms with Gasteiger partial charge in [-0.15, -0.1) is 0 Å². The Morgan fingerprint density at radius 2 is 1.97 bits per heavy atom. The van der Waals surface area contributed by atoms with Crippen molar-refractivity contribution in [2.75, 3.05) is 24.5 Å². The molecule has 2 amide bonds. The van der Waals surface area contributed by atoms with E-state index >= 15 is 0 Å². The maximum absolute atomic E-state index is 14.1. The summed E-state index contributed by atoms with van der Waals surface area (Å²) in [5, 5.41) is 8.08. The van der Waals surface area contributed by atoms with Gasteiger partial charge in [-0.25, -0.2) is 0 Å². The number of H-pyrrole nitrogens is 1. The van der Waals surface area contributed by atoms with E-state index in [1.807, 2.05) is 41.3 Å². The van der Waals surface area contributed by atoms with Crippen molar-refractivity contribution in [1.29, 1.82) is 0 Å². The number of piperidine rings is 1. The van der Waals surface area contributed by atoms with Gasteiger partial charge in [-0.3, -0.25) is 14.7 Å². The van der Waals surface area contributed by atoms with E-state index in [1.165, 1.54) is 19.3 Å². The average Bonchev–Trinajstić information content (AvgIpc) is 3.39. The summed E-state index contributed by atoms with van der Waals surface area (Å²) < 4.78 is 7.30. The number of benzene rings is 2. The number of aromatic nitrogens is 2. The number of fused-ring (bicyclic) bond motifs is 3. The summed E-state index contributed by atoms with van der Waals surface area (Å²) >= 11 is 3.75. The lowest BCUT2D eigenvalue weighted by atomic mass is 9.69. The van der Waals surface area contributed by atoms with Crippen molar-refractivity contribution in [3.63, 3.8) is 0 Å². The van der Waals surface area contributed by atoms with Crippen LogP contribution in [0.2, 0.25) is 0 Å². The number of carbonyl (C=O) groups excluding carboxylic acids is 2. The molecule has 7 rings (SSSR count). The van der Waals surface area contributed by atoms with Gasteiger partial charge < -0.3 is 14.5 Å². The zero-order valence-electron chi connectivity index (χ0n) is 20.8. The van der Waals surface area contributed by atoms with Crippen LogP contribution < -0.4 is 9.64 Å². The molecular weight excluding hydrogens is 532 g/mol. The standard InChI is InChI=1S/C29H31BrN4O3/c30-22-3-1-4-24-26(22)29(27(36)34(24)17-25(35)33-14-2-9-28(18-33)12-13-28)10-7-20(8-11-29)37-21-5-6-23-19(15-21)16-31-32-23/h1,3-6,15-16,20H,2,7-14,17-18H2,(H,31,32). The predicted octanol–water partition coefficient (Wildman–Crippen LogP) is 5.33. The number of hydrogen-bond acceptors (Lipinski definition) is 4. The molecule has 2 saturated carbocycles. The van der Waals surface area contributed by atoms with E-state index in [0.29, 0.717) is 18.3 Å². The fourth-order valence-electron chi connectivity index (χ4n) is 6.94. The van der Waals surface area contributed by atoms with Gasteiger partial charge in [0.1, 0.15) is 12.3 Å². The minimum Gasteiger partial charge on any atom is -0.490 e. The zero-order valence-corrected chi connectivity index (χ0v) is 22.4. The number of amides is 2. The number of carbonyl (C=O) groups is 2. The van der Waals surface area contributed by atoms with Gasteiger partial charge in [0, 0.05) is 34.2 Å². The molecule has 3 aromatic rings. The summed E-state index contributed by atoms with van der Waals surface area (Å²) in [7, 11) is 0. The first-order valence-electron chi connectivity index (χ1n) is 13.5. The number of nitrogens with one attached hydrogen (secondary N) is 1. The number of likely N-dealkylation sites (tertiary alicyclic amines) is 1. The normalized spacial score (nSPS) is 26.2. The molecule has 4 aliphatic rings. The second kappa shape index (κ2) is 8.58. The molecular formula is C29H31BrN4O3.